The third-order valence-corrected chi connectivity index (χ3v) is 7.44. The molecule has 0 amide bonds. The lowest BCUT2D eigenvalue weighted by Crippen LogP contribution is -2.27. The molecule has 0 spiro atoms. The maximum Gasteiger partial charge on any atom is 0.262 e. The molecule has 1 aromatic carbocycles. The molecule has 0 N–H and O–H groups in total. The number of aromatic nitrogens is 2. The zero-order valence-electron chi connectivity index (χ0n) is 17.4. The Kier molecular flexibility index (Phi) is 4.43. The van der Waals surface area contributed by atoms with Crippen molar-refractivity contribution in [3.8, 4) is 0 Å². The molecule has 3 aromatic heterocycles. The molecule has 1 unspecified atom stereocenters. The van der Waals surface area contributed by atoms with Crippen LogP contribution in [0.25, 0.3) is 21.2 Å². The predicted octanol–water partition coefficient (Wildman–Crippen LogP) is 5.24. The molecule has 6 heteroatoms. The average Bonchev–Trinajstić information content (AvgIpc) is 3.30. The van der Waals surface area contributed by atoms with Gasteiger partial charge in [-0.2, -0.15) is 0 Å². The van der Waals surface area contributed by atoms with Crippen molar-refractivity contribution in [2.75, 3.05) is 0 Å². The second kappa shape index (κ2) is 6.91. The first kappa shape index (κ1) is 19.2. The summed E-state index contributed by atoms with van der Waals surface area (Å²) in [5, 5.41) is 1.57. The SMILES string of the molecule is CC(C)(C)C1CCc2c(sc3ncn(CC(=O)c4cc5ccccc5o4)c(=O)c23)C1. The number of carbonyl (C=O) groups is 1. The molecule has 1 aliphatic carbocycles. The number of thiophene rings is 1. The average molecular weight is 421 g/mol. The minimum Gasteiger partial charge on any atom is -0.453 e. The Morgan fingerprint density at radius 2 is 2.10 bits per heavy atom. The van der Waals surface area contributed by atoms with E-state index in [2.05, 4.69) is 25.8 Å². The Morgan fingerprint density at radius 1 is 1.30 bits per heavy atom. The van der Waals surface area contributed by atoms with Gasteiger partial charge in [-0.15, -0.1) is 11.3 Å². The fraction of sp³-hybridized carbons (Fsp3) is 0.375. The topological polar surface area (TPSA) is 65.1 Å². The molecule has 30 heavy (non-hydrogen) atoms. The molecule has 4 aromatic rings. The number of furan rings is 1. The number of hydrogen-bond donors (Lipinski definition) is 0. The van der Waals surface area contributed by atoms with E-state index in [1.54, 1.807) is 17.4 Å². The standard InChI is InChI=1S/C24H24N2O3S/c1-24(2,3)15-8-9-16-20(11-15)30-22-21(16)23(28)26(13-25-22)12-17(27)19-10-14-6-4-5-7-18(14)29-19/h4-7,10,13,15H,8-9,11-12H2,1-3H3. The first-order chi connectivity index (χ1) is 14.3. The largest absolute Gasteiger partial charge is 0.453 e. The van der Waals surface area contributed by atoms with Gasteiger partial charge in [0.15, 0.2) is 5.76 Å². The van der Waals surface area contributed by atoms with E-state index in [1.165, 1.54) is 15.8 Å². The van der Waals surface area contributed by atoms with Gasteiger partial charge in [-0.1, -0.05) is 39.0 Å². The summed E-state index contributed by atoms with van der Waals surface area (Å²) in [6, 6.07) is 9.23. The molecule has 0 radical (unpaired) electrons. The first-order valence-electron chi connectivity index (χ1n) is 10.3. The molecule has 0 saturated carbocycles. The summed E-state index contributed by atoms with van der Waals surface area (Å²) in [7, 11) is 0. The Labute approximate surface area is 178 Å². The summed E-state index contributed by atoms with van der Waals surface area (Å²) in [5.74, 6) is 0.643. The fourth-order valence-corrected chi connectivity index (χ4v) is 5.66. The van der Waals surface area contributed by atoms with E-state index in [-0.39, 0.29) is 29.1 Å². The van der Waals surface area contributed by atoms with E-state index in [0.717, 1.165) is 35.0 Å². The molecule has 154 valence electrons. The molecule has 0 aliphatic heterocycles. The summed E-state index contributed by atoms with van der Waals surface area (Å²) in [4.78, 5) is 32.6. The number of ketones is 1. The van der Waals surface area contributed by atoms with Gasteiger partial charge in [-0.05, 0) is 48.3 Å². The monoisotopic (exact) mass is 420 g/mol. The molecule has 0 fully saturated rings. The van der Waals surface area contributed by atoms with Crippen LogP contribution in [-0.2, 0) is 19.4 Å². The van der Waals surface area contributed by atoms with Crippen LogP contribution in [-0.4, -0.2) is 15.3 Å². The predicted molar refractivity (Wildman–Crippen MR) is 119 cm³/mol. The lowest BCUT2D eigenvalue weighted by atomic mass is 9.72. The van der Waals surface area contributed by atoms with Gasteiger partial charge in [0.1, 0.15) is 10.4 Å². The third-order valence-electron chi connectivity index (χ3n) is 6.27. The van der Waals surface area contributed by atoms with Gasteiger partial charge in [0.05, 0.1) is 18.3 Å². The van der Waals surface area contributed by atoms with Gasteiger partial charge in [-0.25, -0.2) is 4.98 Å². The number of aryl methyl sites for hydroxylation is 1. The highest BCUT2D eigenvalue weighted by atomic mass is 32.1. The number of rotatable bonds is 3. The quantitative estimate of drug-likeness (QED) is 0.425. The number of carbonyl (C=O) groups excluding carboxylic acids is 1. The van der Waals surface area contributed by atoms with Crippen LogP contribution < -0.4 is 5.56 Å². The Bertz CT molecular complexity index is 1300. The zero-order chi connectivity index (χ0) is 21.0. The number of para-hydroxylation sites is 1. The van der Waals surface area contributed by atoms with Crippen LogP contribution in [0.4, 0.5) is 0 Å². The number of fused-ring (bicyclic) bond motifs is 4. The van der Waals surface area contributed by atoms with Crippen molar-refractivity contribution in [2.45, 2.75) is 46.6 Å². The molecule has 3 heterocycles. The van der Waals surface area contributed by atoms with E-state index in [9.17, 15) is 9.59 Å². The van der Waals surface area contributed by atoms with Crippen molar-refractivity contribution in [1.82, 2.24) is 9.55 Å². The van der Waals surface area contributed by atoms with Crippen molar-refractivity contribution in [3.05, 3.63) is 63.2 Å². The van der Waals surface area contributed by atoms with E-state index < -0.39 is 0 Å². The molecule has 1 aliphatic rings. The van der Waals surface area contributed by atoms with E-state index in [4.69, 9.17) is 4.42 Å². The number of hydrogen-bond acceptors (Lipinski definition) is 5. The smallest absolute Gasteiger partial charge is 0.262 e. The molecular weight excluding hydrogens is 396 g/mol. The van der Waals surface area contributed by atoms with E-state index in [0.29, 0.717) is 16.9 Å². The molecule has 0 saturated heterocycles. The van der Waals surface area contributed by atoms with Crippen molar-refractivity contribution in [3.63, 3.8) is 0 Å². The number of benzene rings is 1. The number of nitrogens with zero attached hydrogens (tertiary/aromatic N) is 2. The minimum absolute atomic E-state index is 0.0726. The molecular formula is C24H24N2O3S. The van der Waals surface area contributed by atoms with Crippen molar-refractivity contribution >= 4 is 38.3 Å². The summed E-state index contributed by atoms with van der Waals surface area (Å²) >= 11 is 1.63. The van der Waals surface area contributed by atoms with Crippen LogP contribution in [0.5, 0.6) is 0 Å². The van der Waals surface area contributed by atoms with Crippen molar-refractivity contribution in [2.24, 2.45) is 11.3 Å². The van der Waals surface area contributed by atoms with Crippen LogP contribution in [0.2, 0.25) is 0 Å². The van der Waals surface area contributed by atoms with Crippen molar-refractivity contribution < 1.29 is 9.21 Å². The Hall–Kier alpha value is -2.73. The Balaban J connectivity index is 1.48. The maximum absolute atomic E-state index is 13.2. The maximum atomic E-state index is 13.2. The van der Waals surface area contributed by atoms with Gasteiger partial charge in [-0.3, -0.25) is 14.2 Å². The highest BCUT2D eigenvalue weighted by molar-refractivity contribution is 7.18. The molecule has 1 atom stereocenters. The lowest BCUT2D eigenvalue weighted by Gasteiger charge is -2.33. The zero-order valence-corrected chi connectivity index (χ0v) is 18.2. The van der Waals surface area contributed by atoms with Gasteiger partial charge in [0.2, 0.25) is 5.78 Å². The van der Waals surface area contributed by atoms with Crippen LogP contribution in [0, 0.1) is 11.3 Å². The molecule has 5 nitrogen and oxygen atoms in total. The van der Waals surface area contributed by atoms with Gasteiger partial charge in [0.25, 0.3) is 5.56 Å². The highest BCUT2D eigenvalue weighted by Gasteiger charge is 2.31. The first-order valence-corrected chi connectivity index (χ1v) is 11.1. The van der Waals surface area contributed by atoms with Crippen LogP contribution in [0.1, 0.15) is 48.2 Å². The second-order valence-corrected chi connectivity index (χ2v) is 10.3. The summed E-state index contributed by atoms with van der Waals surface area (Å²) in [6.45, 7) is 6.78. The normalized spacial score (nSPS) is 16.8. The lowest BCUT2D eigenvalue weighted by molar-refractivity contribution is 0.0945. The second-order valence-electron chi connectivity index (χ2n) is 9.24. The fourth-order valence-electron chi connectivity index (χ4n) is 4.40. The van der Waals surface area contributed by atoms with Crippen LogP contribution in [0.3, 0.4) is 0 Å². The van der Waals surface area contributed by atoms with Gasteiger partial charge in [0, 0.05) is 10.3 Å². The molecule has 5 rings (SSSR count). The van der Waals surface area contributed by atoms with Gasteiger partial charge < -0.3 is 4.42 Å². The highest BCUT2D eigenvalue weighted by Crippen LogP contribution is 2.41. The van der Waals surface area contributed by atoms with E-state index >= 15 is 0 Å². The minimum atomic E-state index is -0.230. The number of Topliss-reactive ketones (excluding diaryl/α,β-unsaturated/α-hetero) is 1. The molecule has 0 bridgehead atoms. The van der Waals surface area contributed by atoms with E-state index in [1.807, 2.05) is 24.3 Å². The van der Waals surface area contributed by atoms with Crippen LogP contribution in [0.15, 0.2) is 45.9 Å². The van der Waals surface area contributed by atoms with Gasteiger partial charge >= 0.3 is 0 Å². The Morgan fingerprint density at radius 3 is 2.87 bits per heavy atom. The summed E-state index contributed by atoms with van der Waals surface area (Å²) < 4.78 is 7.08. The summed E-state index contributed by atoms with van der Waals surface area (Å²) in [5.41, 5.74) is 1.93. The third kappa shape index (κ3) is 3.19. The van der Waals surface area contributed by atoms with Crippen molar-refractivity contribution in [1.29, 1.82) is 0 Å². The summed E-state index contributed by atoms with van der Waals surface area (Å²) in [6.07, 6.45) is 4.47. The van der Waals surface area contributed by atoms with Crippen LogP contribution >= 0.6 is 11.3 Å².